The number of aromatic nitrogens is 2. The van der Waals surface area contributed by atoms with Crippen molar-refractivity contribution in [1.82, 2.24) is 9.97 Å². The van der Waals surface area contributed by atoms with Gasteiger partial charge in [-0.25, -0.2) is 14.8 Å². The summed E-state index contributed by atoms with van der Waals surface area (Å²) in [6.45, 7) is 0.437. The molecule has 0 aliphatic carbocycles. The quantitative estimate of drug-likeness (QED) is 0.894. The number of para-hydroxylation sites is 1. The first kappa shape index (κ1) is 13.5. The molecule has 0 amide bonds. The van der Waals surface area contributed by atoms with Crippen LogP contribution < -0.4 is 4.90 Å². The number of hydrogen-bond acceptors (Lipinski definition) is 5. The van der Waals surface area contributed by atoms with E-state index in [2.05, 4.69) is 16.0 Å². The number of nitrogens with zero attached hydrogens (tertiary/aromatic N) is 4. The topological polar surface area (TPSA) is 90.1 Å². The Morgan fingerprint density at radius 3 is 2.45 bits per heavy atom. The van der Waals surface area contributed by atoms with Crippen LogP contribution in [-0.2, 0) is 0 Å². The number of aromatic carboxylic acids is 1. The van der Waals surface area contributed by atoms with Gasteiger partial charge < -0.3 is 10.0 Å². The minimum atomic E-state index is -1.07. The van der Waals surface area contributed by atoms with Gasteiger partial charge in [-0.05, 0) is 12.1 Å². The van der Waals surface area contributed by atoms with Crippen LogP contribution in [-0.4, -0.2) is 27.6 Å². The van der Waals surface area contributed by atoms with Crippen LogP contribution in [0.25, 0.3) is 0 Å². The molecule has 0 fully saturated rings. The highest BCUT2D eigenvalue weighted by Gasteiger charge is 2.12. The number of nitriles is 1. The summed E-state index contributed by atoms with van der Waals surface area (Å²) in [6, 6.07) is 11.5. The number of hydrogen-bond donors (Lipinski definition) is 1. The Labute approximate surface area is 115 Å². The zero-order chi connectivity index (χ0) is 14.4. The van der Waals surface area contributed by atoms with Crippen molar-refractivity contribution >= 4 is 17.6 Å². The SMILES string of the molecule is N#CCCN(c1ccccc1)c1ncc(C(=O)O)cn1. The van der Waals surface area contributed by atoms with E-state index in [9.17, 15) is 4.79 Å². The van der Waals surface area contributed by atoms with Crippen molar-refractivity contribution in [2.75, 3.05) is 11.4 Å². The maximum Gasteiger partial charge on any atom is 0.338 e. The highest BCUT2D eigenvalue weighted by atomic mass is 16.4. The molecular formula is C14H12N4O2. The van der Waals surface area contributed by atoms with Gasteiger partial charge in [0.05, 0.1) is 18.1 Å². The Hall–Kier alpha value is -2.94. The van der Waals surface area contributed by atoms with E-state index >= 15 is 0 Å². The van der Waals surface area contributed by atoms with Gasteiger partial charge in [-0.15, -0.1) is 0 Å². The minimum absolute atomic E-state index is 0.0297. The maximum absolute atomic E-state index is 10.8. The third-order valence-corrected chi connectivity index (χ3v) is 2.64. The number of carboxylic acids is 1. The van der Waals surface area contributed by atoms with Crippen LogP contribution >= 0.6 is 0 Å². The van der Waals surface area contributed by atoms with Gasteiger partial charge in [-0.3, -0.25) is 0 Å². The summed E-state index contributed by atoms with van der Waals surface area (Å²) in [4.78, 5) is 20.7. The average Bonchev–Trinajstić information content (AvgIpc) is 2.49. The smallest absolute Gasteiger partial charge is 0.338 e. The summed E-state index contributed by atoms with van der Waals surface area (Å²) in [6.07, 6.45) is 2.83. The van der Waals surface area contributed by atoms with Crippen LogP contribution in [0.5, 0.6) is 0 Å². The van der Waals surface area contributed by atoms with Crippen molar-refractivity contribution < 1.29 is 9.90 Å². The molecule has 20 heavy (non-hydrogen) atoms. The van der Waals surface area contributed by atoms with Crippen LogP contribution in [0, 0.1) is 11.3 Å². The third kappa shape index (κ3) is 3.09. The van der Waals surface area contributed by atoms with E-state index in [-0.39, 0.29) is 5.56 Å². The zero-order valence-electron chi connectivity index (χ0n) is 10.6. The highest BCUT2D eigenvalue weighted by molar-refractivity contribution is 5.86. The molecule has 100 valence electrons. The molecule has 1 aromatic heterocycles. The molecular weight excluding hydrogens is 256 g/mol. The van der Waals surface area contributed by atoms with E-state index in [1.165, 1.54) is 12.4 Å². The molecule has 0 saturated heterocycles. The van der Waals surface area contributed by atoms with E-state index in [4.69, 9.17) is 10.4 Å². The second-order valence-electron chi connectivity index (χ2n) is 3.97. The van der Waals surface area contributed by atoms with Crippen molar-refractivity contribution in [2.45, 2.75) is 6.42 Å². The van der Waals surface area contributed by atoms with Gasteiger partial charge in [0.25, 0.3) is 0 Å². The van der Waals surface area contributed by atoms with Crippen LogP contribution in [0.3, 0.4) is 0 Å². The molecule has 0 saturated carbocycles. The first-order valence-corrected chi connectivity index (χ1v) is 5.97. The minimum Gasteiger partial charge on any atom is -0.478 e. The first-order chi connectivity index (χ1) is 9.72. The van der Waals surface area contributed by atoms with Gasteiger partial charge in [0.15, 0.2) is 0 Å². The Bertz CT molecular complexity index is 620. The molecule has 1 heterocycles. The Balaban J connectivity index is 2.31. The first-order valence-electron chi connectivity index (χ1n) is 5.97. The molecule has 0 aliphatic heterocycles. The number of benzene rings is 1. The number of rotatable bonds is 5. The fourth-order valence-corrected chi connectivity index (χ4v) is 1.69. The molecule has 2 rings (SSSR count). The van der Waals surface area contributed by atoms with Crippen LogP contribution in [0.15, 0.2) is 42.7 Å². The monoisotopic (exact) mass is 268 g/mol. The van der Waals surface area contributed by atoms with Gasteiger partial charge >= 0.3 is 5.97 Å². The summed E-state index contributed by atoms with van der Waals surface area (Å²) < 4.78 is 0. The van der Waals surface area contributed by atoms with Crippen molar-refractivity contribution in [3.05, 3.63) is 48.3 Å². The normalized spacial score (nSPS) is 9.75. The molecule has 6 heteroatoms. The summed E-state index contributed by atoms with van der Waals surface area (Å²) in [5.74, 6) is -0.698. The van der Waals surface area contributed by atoms with Gasteiger partial charge in [0, 0.05) is 24.6 Å². The predicted molar refractivity (Wildman–Crippen MR) is 72.7 cm³/mol. The lowest BCUT2D eigenvalue weighted by Crippen LogP contribution is -2.20. The van der Waals surface area contributed by atoms with E-state index in [0.717, 1.165) is 5.69 Å². The lowest BCUT2D eigenvalue weighted by Gasteiger charge is -2.21. The van der Waals surface area contributed by atoms with Crippen molar-refractivity contribution in [3.63, 3.8) is 0 Å². The Morgan fingerprint density at radius 1 is 1.25 bits per heavy atom. The lowest BCUT2D eigenvalue weighted by atomic mass is 10.3. The summed E-state index contributed by atoms with van der Waals surface area (Å²) in [5, 5.41) is 17.6. The molecule has 1 aromatic carbocycles. The zero-order valence-corrected chi connectivity index (χ0v) is 10.6. The van der Waals surface area contributed by atoms with Gasteiger partial charge in [0.1, 0.15) is 0 Å². The van der Waals surface area contributed by atoms with Crippen LogP contribution in [0.2, 0.25) is 0 Å². The number of carbonyl (C=O) groups is 1. The highest BCUT2D eigenvalue weighted by Crippen LogP contribution is 2.21. The second-order valence-corrected chi connectivity index (χ2v) is 3.97. The lowest BCUT2D eigenvalue weighted by molar-refractivity contribution is 0.0696. The molecule has 2 aromatic rings. The second kappa shape index (κ2) is 6.29. The third-order valence-electron chi connectivity index (χ3n) is 2.64. The fourth-order valence-electron chi connectivity index (χ4n) is 1.69. The summed E-state index contributed by atoms with van der Waals surface area (Å²) >= 11 is 0. The number of anilines is 2. The molecule has 1 N–H and O–H groups in total. The summed E-state index contributed by atoms with van der Waals surface area (Å²) in [5.41, 5.74) is 0.882. The van der Waals surface area contributed by atoms with E-state index < -0.39 is 5.97 Å². The van der Waals surface area contributed by atoms with E-state index in [1.807, 2.05) is 30.3 Å². The van der Waals surface area contributed by atoms with E-state index in [0.29, 0.717) is 18.9 Å². The van der Waals surface area contributed by atoms with Gasteiger partial charge in [-0.2, -0.15) is 5.26 Å². The molecule has 0 unspecified atom stereocenters. The molecule has 0 radical (unpaired) electrons. The van der Waals surface area contributed by atoms with Gasteiger partial charge in [0.2, 0.25) is 5.95 Å². The van der Waals surface area contributed by atoms with E-state index in [1.54, 1.807) is 4.90 Å². The van der Waals surface area contributed by atoms with Crippen molar-refractivity contribution in [1.29, 1.82) is 5.26 Å². The molecule has 0 atom stereocenters. The molecule has 0 aliphatic rings. The number of carboxylic acid groups (broad SMARTS) is 1. The standard InChI is InChI=1S/C14H12N4O2/c15-7-4-8-18(12-5-2-1-3-6-12)14-16-9-11(10-17-14)13(19)20/h1-3,5-6,9-10H,4,8H2,(H,19,20). The molecule has 0 bridgehead atoms. The van der Waals surface area contributed by atoms with Gasteiger partial charge in [-0.1, -0.05) is 18.2 Å². The molecule has 0 spiro atoms. The maximum atomic E-state index is 10.8. The molecule has 6 nitrogen and oxygen atoms in total. The fraction of sp³-hybridized carbons (Fsp3) is 0.143. The summed E-state index contributed by atoms with van der Waals surface area (Å²) in [7, 11) is 0. The van der Waals surface area contributed by atoms with Crippen molar-refractivity contribution in [2.24, 2.45) is 0 Å². The Kier molecular flexibility index (Phi) is 4.24. The average molecular weight is 268 g/mol. The van der Waals surface area contributed by atoms with Crippen LogP contribution in [0.4, 0.5) is 11.6 Å². The predicted octanol–water partition coefficient (Wildman–Crippen LogP) is 2.23. The van der Waals surface area contributed by atoms with Crippen LogP contribution in [0.1, 0.15) is 16.8 Å². The van der Waals surface area contributed by atoms with Crippen molar-refractivity contribution in [3.8, 4) is 6.07 Å². The largest absolute Gasteiger partial charge is 0.478 e. The Morgan fingerprint density at radius 2 is 1.90 bits per heavy atom.